The summed E-state index contributed by atoms with van der Waals surface area (Å²) >= 11 is 1.78. The first-order valence-electron chi connectivity index (χ1n) is 5.88. The van der Waals surface area contributed by atoms with Gasteiger partial charge in [-0.05, 0) is 56.5 Å². The summed E-state index contributed by atoms with van der Waals surface area (Å²) in [5.74, 6) is 0. The summed E-state index contributed by atoms with van der Waals surface area (Å²) in [5, 5.41) is 11.5. The maximum absolute atomic E-state index is 3.54. The van der Waals surface area contributed by atoms with Crippen molar-refractivity contribution in [1.29, 1.82) is 0 Å². The van der Waals surface area contributed by atoms with Crippen molar-refractivity contribution in [2.24, 2.45) is 0 Å². The predicted octanol–water partition coefficient (Wildman–Crippen LogP) is 2.92. The Labute approximate surface area is 103 Å². The van der Waals surface area contributed by atoms with E-state index in [2.05, 4.69) is 56.0 Å². The zero-order valence-corrected chi connectivity index (χ0v) is 11.9. The van der Waals surface area contributed by atoms with Crippen LogP contribution in [0.5, 0.6) is 0 Å². The highest BCUT2D eigenvalue weighted by Gasteiger charge is 2.10. The van der Waals surface area contributed by atoms with Crippen LogP contribution >= 0.6 is 11.3 Å². The molecule has 2 nitrogen and oxygen atoms in total. The van der Waals surface area contributed by atoms with Crippen molar-refractivity contribution in [2.75, 3.05) is 6.54 Å². The van der Waals surface area contributed by atoms with E-state index in [-0.39, 0.29) is 5.54 Å². The molecule has 0 aliphatic carbocycles. The molecular formula is C13H24N2S. The molecule has 1 rings (SSSR count). The smallest absolute Gasteiger partial charge is 0.0219 e. The third kappa shape index (κ3) is 5.10. The molecule has 1 atom stereocenters. The standard InChI is InChI=1S/C13H24N2S/c1-10-8-16-9-12(10)7-14-11(2)6-15-13(3,4)5/h8-9,11,14-15H,6-7H2,1-5H3. The maximum atomic E-state index is 3.54. The lowest BCUT2D eigenvalue weighted by Crippen LogP contribution is -2.44. The highest BCUT2D eigenvalue weighted by Crippen LogP contribution is 2.13. The van der Waals surface area contributed by atoms with Crippen molar-refractivity contribution in [2.45, 2.75) is 52.7 Å². The van der Waals surface area contributed by atoms with Gasteiger partial charge >= 0.3 is 0 Å². The molecule has 3 heteroatoms. The van der Waals surface area contributed by atoms with Crippen LogP contribution in [0, 0.1) is 6.92 Å². The van der Waals surface area contributed by atoms with Crippen LogP contribution in [0.1, 0.15) is 38.8 Å². The van der Waals surface area contributed by atoms with E-state index in [0.29, 0.717) is 6.04 Å². The van der Waals surface area contributed by atoms with Crippen molar-refractivity contribution < 1.29 is 0 Å². The van der Waals surface area contributed by atoms with E-state index in [1.54, 1.807) is 11.3 Å². The van der Waals surface area contributed by atoms with Crippen molar-refractivity contribution in [3.63, 3.8) is 0 Å². The highest BCUT2D eigenvalue weighted by molar-refractivity contribution is 7.08. The van der Waals surface area contributed by atoms with Crippen LogP contribution in [0.25, 0.3) is 0 Å². The Bertz CT molecular complexity index is 312. The number of aryl methyl sites for hydroxylation is 1. The van der Waals surface area contributed by atoms with Crippen LogP contribution in [0.3, 0.4) is 0 Å². The monoisotopic (exact) mass is 240 g/mol. The molecule has 0 saturated heterocycles. The van der Waals surface area contributed by atoms with E-state index < -0.39 is 0 Å². The third-order valence-corrected chi connectivity index (χ3v) is 3.45. The van der Waals surface area contributed by atoms with Gasteiger partial charge in [0.1, 0.15) is 0 Å². The van der Waals surface area contributed by atoms with E-state index in [4.69, 9.17) is 0 Å². The molecule has 0 amide bonds. The molecule has 2 N–H and O–H groups in total. The number of rotatable bonds is 5. The summed E-state index contributed by atoms with van der Waals surface area (Å²) in [4.78, 5) is 0. The Morgan fingerprint density at radius 1 is 1.31 bits per heavy atom. The molecule has 0 spiro atoms. The Morgan fingerprint density at radius 3 is 2.50 bits per heavy atom. The lowest BCUT2D eigenvalue weighted by Gasteiger charge is -2.24. The Balaban J connectivity index is 2.25. The molecule has 1 heterocycles. The zero-order chi connectivity index (χ0) is 12.2. The van der Waals surface area contributed by atoms with E-state index in [9.17, 15) is 0 Å². The maximum Gasteiger partial charge on any atom is 0.0219 e. The van der Waals surface area contributed by atoms with Gasteiger partial charge < -0.3 is 10.6 Å². The molecule has 0 radical (unpaired) electrons. The van der Waals surface area contributed by atoms with Gasteiger partial charge in [0.05, 0.1) is 0 Å². The van der Waals surface area contributed by atoms with Gasteiger partial charge in [-0.3, -0.25) is 0 Å². The van der Waals surface area contributed by atoms with Gasteiger partial charge in [-0.25, -0.2) is 0 Å². The lowest BCUT2D eigenvalue weighted by atomic mass is 10.1. The summed E-state index contributed by atoms with van der Waals surface area (Å²) < 4.78 is 0. The van der Waals surface area contributed by atoms with Crippen LogP contribution in [0.2, 0.25) is 0 Å². The highest BCUT2D eigenvalue weighted by atomic mass is 32.1. The van der Waals surface area contributed by atoms with Gasteiger partial charge in [0.2, 0.25) is 0 Å². The van der Waals surface area contributed by atoms with Gasteiger partial charge in [-0.1, -0.05) is 0 Å². The first kappa shape index (κ1) is 13.7. The van der Waals surface area contributed by atoms with Gasteiger partial charge in [-0.15, -0.1) is 0 Å². The fourth-order valence-corrected chi connectivity index (χ4v) is 2.24. The van der Waals surface area contributed by atoms with Crippen molar-refractivity contribution >= 4 is 11.3 Å². The van der Waals surface area contributed by atoms with Gasteiger partial charge in [-0.2, -0.15) is 11.3 Å². The Kier molecular flexibility index (Phi) is 4.96. The number of nitrogens with one attached hydrogen (secondary N) is 2. The van der Waals surface area contributed by atoms with Gasteiger partial charge in [0, 0.05) is 24.7 Å². The second-order valence-corrected chi connectivity index (χ2v) is 6.24. The number of thiophene rings is 1. The van der Waals surface area contributed by atoms with Crippen molar-refractivity contribution in [3.05, 3.63) is 21.9 Å². The first-order chi connectivity index (χ1) is 7.38. The summed E-state index contributed by atoms with van der Waals surface area (Å²) in [6.45, 7) is 13.0. The Morgan fingerprint density at radius 2 is 2.00 bits per heavy atom. The summed E-state index contributed by atoms with van der Waals surface area (Å²) in [5.41, 5.74) is 3.02. The molecule has 1 aromatic heterocycles. The Hall–Kier alpha value is -0.380. The molecule has 92 valence electrons. The molecule has 0 bridgehead atoms. The van der Waals surface area contributed by atoms with E-state index in [1.165, 1.54) is 11.1 Å². The first-order valence-corrected chi connectivity index (χ1v) is 6.83. The van der Waals surface area contributed by atoms with Crippen LogP contribution in [0.15, 0.2) is 10.8 Å². The molecule has 0 aromatic carbocycles. The van der Waals surface area contributed by atoms with Crippen molar-refractivity contribution in [1.82, 2.24) is 10.6 Å². The minimum atomic E-state index is 0.203. The van der Waals surface area contributed by atoms with Gasteiger partial charge in [0.15, 0.2) is 0 Å². The molecule has 16 heavy (non-hydrogen) atoms. The predicted molar refractivity (Wildman–Crippen MR) is 73.1 cm³/mol. The van der Waals surface area contributed by atoms with Gasteiger partial charge in [0.25, 0.3) is 0 Å². The van der Waals surface area contributed by atoms with E-state index in [1.807, 2.05) is 0 Å². The van der Waals surface area contributed by atoms with Crippen molar-refractivity contribution in [3.8, 4) is 0 Å². The molecule has 0 saturated carbocycles. The minimum Gasteiger partial charge on any atom is -0.311 e. The molecular weight excluding hydrogens is 216 g/mol. The molecule has 1 unspecified atom stereocenters. The van der Waals surface area contributed by atoms with Crippen LogP contribution in [-0.2, 0) is 6.54 Å². The average Bonchev–Trinajstić information content (AvgIpc) is 2.57. The summed E-state index contributed by atoms with van der Waals surface area (Å²) in [7, 11) is 0. The quantitative estimate of drug-likeness (QED) is 0.827. The van der Waals surface area contributed by atoms with Crippen LogP contribution < -0.4 is 10.6 Å². The minimum absolute atomic E-state index is 0.203. The summed E-state index contributed by atoms with van der Waals surface area (Å²) in [6.07, 6.45) is 0. The topological polar surface area (TPSA) is 24.1 Å². The van der Waals surface area contributed by atoms with Crippen LogP contribution in [0.4, 0.5) is 0 Å². The fourth-order valence-electron chi connectivity index (χ4n) is 1.38. The number of hydrogen-bond acceptors (Lipinski definition) is 3. The van der Waals surface area contributed by atoms with E-state index >= 15 is 0 Å². The molecule has 0 aliphatic rings. The fraction of sp³-hybridized carbons (Fsp3) is 0.692. The largest absolute Gasteiger partial charge is 0.311 e. The van der Waals surface area contributed by atoms with Crippen LogP contribution in [-0.4, -0.2) is 18.1 Å². The SMILES string of the molecule is Cc1cscc1CNC(C)CNC(C)(C)C. The molecule has 0 aliphatic heterocycles. The van der Waals surface area contributed by atoms with E-state index in [0.717, 1.165) is 13.1 Å². The molecule has 0 fully saturated rings. The average molecular weight is 240 g/mol. The normalized spacial score (nSPS) is 14.1. The second kappa shape index (κ2) is 5.80. The lowest BCUT2D eigenvalue weighted by molar-refractivity contribution is 0.387. The number of hydrogen-bond donors (Lipinski definition) is 2. The molecule has 1 aromatic rings. The zero-order valence-electron chi connectivity index (χ0n) is 11.1. The second-order valence-electron chi connectivity index (χ2n) is 5.49. The third-order valence-electron chi connectivity index (χ3n) is 2.54. The summed E-state index contributed by atoms with van der Waals surface area (Å²) in [6, 6.07) is 0.499.